The fraction of sp³-hybridized carbons (Fsp3) is 0.308. The Balaban J connectivity index is 1.94. The van der Waals surface area contributed by atoms with Crippen LogP contribution in [0.4, 0.5) is 0 Å². The van der Waals surface area contributed by atoms with E-state index in [0.717, 1.165) is 23.0 Å². The molecule has 0 aliphatic carbocycles. The van der Waals surface area contributed by atoms with E-state index in [-0.39, 0.29) is 20.7 Å². The van der Waals surface area contributed by atoms with Crippen molar-refractivity contribution in [1.82, 2.24) is 0 Å². The van der Waals surface area contributed by atoms with Crippen LogP contribution in [0.3, 0.4) is 0 Å². The van der Waals surface area contributed by atoms with E-state index in [4.69, 9.17) is 0 Å². The SMILES string of the molecule is C=C(C)C(=O)SC(CSCC(CSc1ccccc1)SC(=O)C(=C)C)CSc1ccccc1. The Kier molecular flexibility index (Phi) is 13.5. The van der Waals surface area contributed by atoms with Gasteiger partial charge in [-0.05, 0) is 49.3 Å². The van der Waals surface area contributed by atoms with Gasteiger partial charge in [-0.15, -0.1) is 23.5 Å². The van der Waals surface area contributed by atoms with Crippen molar-refractivity contribution in [3.8, 4) is 0 Å². The Morgan fingerprint density at radius 3 is 1.36 bits per heavy atom. The van der Waals surface area contributed by atoms with Crippen molar-refractivity contribution < 1.29 is 9.59 Å². The zero-order valence-corrected chi connectivity index (χ0v) is 23.1. The van der Waals surface area contributed by atoms with E-state index in [1.807, 2.05) is 48.2 Å². The summed E-state index contributed by atoms with van der Waals surface area (Å²) in [6.45, 7) is 11.1. The third-order valence-corrected chi connectivity index (χ3v) is 11.1. The first-order chi connectivity index (χ1) is 15.8. The van der Waals surface area contributed by atoms with Crippen molar-refractivity contribution in [2.45, 2.75) is 34.1 Å². The average Bonchev–Trinajstić information content (AvgIpc) is 2.81. The highest BCUT2D eigenvalue weighted by Crippen LogP contribution is 2.31. The van der Waals surface area contributed by atoms with Crippen LogP contribution in [0, 0.1) is 0 Å². The topological polar surface area (TPSA) is 34.1 Å². The van der Waals surface area contributed by atoms with E-state index in [2.05, 4.69) is 37.4 Å². The summed E-state index contributed by atoms with van der Waals surface area (Å²) >= 11 is 8.12. The smallest absolute Gasteiger partial charge is 0.214 e. The van der Waals surface area contributed by atoms with Gasteiger partial charge in [-0.1, -0.05) is 73.1 Å². The normalized spacial score (nSPS) is 12.7. The minimum atomic E-state index is 0.0530. The standard InChI is InChI=1S/C26H30O2S5/c1-19(2)25(27)32-23(17-30-21-11-7-5-8-12-21)15-29-16-24(33-26(28)20(3)4)18-31-22-13-9-6-10-14-22/h5-14,23-24H,1,3,15-18H2,2,4H3. The van der Waals surface area contributed by atoms with Crippen LogP contribution in [0.25, 0.3) is 0 Å². The largest absolute Gasteiger partial charge is 0.282 e. The molecular weight excluding hydrogens is 505 g/mol. The number of rotatable bonds is 14. The Bertz CT molecular complexity index is 839. The molecule has 176 valence electrons. The van der Waals surface area contributed by atoms with E-state index >= 15 is 0 Å². The van der Waals surface area contributed by atoms with Crippen LogP contribution in [-0.4, -0.2) is 43.7 Å². The third-order valence-electron chi connectivity index (χ3n) is 4.21. The summed E-state index contributed by atoms with van der Waals surface area (Å²) < 4.78 is 0. The molecule has 33 heavy (non-hydrogen) atoms. The van der Waals surface area contributed by atoms with Crippen molar-refractivity contribution in [1.29, 1.82) is 0 Å². The van der Waals surface area contributed by atoms with E-state index < -0.39 is 0 Å². The molecule has 0 bridgehead atoms. The van der Waals surface area contributed by atoms with Crippen LogP contribution in [0.1, 0.15) is 13.8 Å². The Morgan fingerprint density at radius 1 is 0.667 bits per heavy atom. The summed E-state index contributed by atoms with van der Waals surface area (Å²) in [6.07, 6.45) is 0. The lowest BCUT2D eigenvalue weighted by Crippen LogP contribution is -2.18. The van der Waals surface area contributed by atoms with E-state index in [0.29, 0.717) is 11.1 Å². The molecule has 2 aromatic carbocycles. The highest BCUT2D eigenvalue weighted by atomic mass is 32.2. The van der Waals surface area contributed by atoms with Gasteiger partial charge < -0.3 is 0 Å². The number of thioether (sulfide) groups is 5. The molecule has 0 aliphatic heterocycles. The molecule has 7 heteroatoms. The lowest BCUT2D eigenvalue weighted by molar-refractivity contribution is -0.108. The average molecular weight is 535 g/mol. The zero-order chi connectivity index (χ0) is 24.1. The molecule has 0 saturated carbocycles. The van der Waals surface area contributed by atoms with Gasteiger partial charge in [0, 0.05) is 43.3 Å². The molecule has 0 aromatic heterocycles. The number of hydrogen-bond donors (Lipinski definition) is 0. The molecule has 0 saturated heterocycles. The molecule has 0 heterocycles. The highest BCUT2D eigenvalue weighted by molar-refractivity contribution is 8.17. The van der Waals surface area contributed by atoms with Crippen LogP contribution >= 0.6 is 58.8 Å². The van der Waals surface area contributed by atoms with E-state index in [1.54, 1.807) is 37.4 Å². The maximum absolute atomic E-state index is 12.3. The van der Waals surface area contributed by atoms with E-state index in [1.165, 1.54) is 33.3 Å². The molecular formula is C26H30O2S5. The molecule has 2 nitrogen and oxygen atoms in total. The first-order valence-corrected chi connectivity index (χ1v) is 15.4. The molecule has 2 rings (SSSR count). The van der Waals surface area contributed by atoms with Gasteiger partial charge in [0.15, 0.2) is 0 Å². The van der Waals surface area contributed by atoms with Crippen molar-refractivity contribution in [2.75, 3.05) is 23.0 Å². The van der Waals surface area contributed by atoms with E-state index in [9.17, 15) is 9.59 Å². The van der Waals surface area contributed by atoms with Crippen molar-refractivity contribution in [3.63, 3.8) is 0 Å². The molecule has 2 aromatic rings. The first kappa shape index (κ1) is 28.2. The molecule has 0 fully saturated rings. The number of carbonyl (C=O) groups is 2. The highest BCUT2D eigenvalue weighted by Gasteiger charge is 2.20. The summed E-state index contributed by atoms with van der Waals surface area (Å²) in [7, 11) is 0. The zero-order valence-electron chi connectivity index (χ0n) is 19.0. The van der Waals surface area contributed by atoms with Gasteiger partial charge in [-0.25, -0.2) is 0 Å². The molecule has 0 radical (unpaired) electrons. The van der Waals surface area contributed by atoms with Gasteiger partial charge in [0.1, 0.15) is 0 Å². The minimum absolute atomic E-state index is 0.0530. The number of benzene rings is 2. The summed E-state index contributed by atoms with van der Waals surface area (Å²) in [5.74, 6) is 3.39. The molecule has 0 N–H and O–H groups in total. The summed E-state index contributed by atoms with van der Waals surface area (Å²) in [6, 6.07) is 20.5. The summed E-state index contributed by atoms with van der Waals surface area (Å²) in [4.78, 5) is 27.1. The maximum Gasteiger partial charge on any atom is 0.214 e. The molecule has 0 aliphatic rings. The molecule has 0 spiro atoms. The van der Waals surface area contributed by atoms with Gasteiger partial charge in [0.25, 0.3) is 0 Å². The lowest BCUT2D eigenvalue weighted by atomic mass is 10.4. The minimum Gasteiger partial charge on any atom is -0.282 e. The number of hydrogen-bond acceptors (Lipinski definition) is 7. The monoisotopic (exact) mass is 534 g/mol. The maximum atomic E-state index is 12.3. The van der Waals surface area contributed by atoms with Crippen molar-refractivity contribution in [2.24, 2.45) is 0 Å². The summed E-state index contributed by atoms with van der Waals surface area (Å²) in [5.41, 5.74) is 1.17. The fourth-order valence-electron chi connectivity index (χ4n) is 2.48. The second kappa shape index (κ2) is 15.8. The lowest BCUT2D eigenvalue weighted by Gasteiger charge is -2.19. The first-order valence-electron chi connectivity index (χ1n) is 10.5. The number of carbonyl (C=O) groups excluding carboxylic acids is 2. The van der Waals surface area contributed by atoms with Crippen molar-refractivity contribution >= 4 is 69.0 Å². The van der Waals surface area contributed by atoms with Gasteiger partial charge in [-0.3, -0.25) is 9.59 Å². The van der Waals surface area contributed by atoms with Crippen LogP contribution in [0.5, 0.6) is 0 Å². The third kappa shape index (κ3) is 11.8. The Morgan fingerprint density at radius 2 is 1.03 bits per heavy atom. The molecule has 2 atom stereocenters. The summed E-state index contributed by atoms with van der Waals surface area (Å²) in [5, 5.41) is 0.455. The fourth-order valence-corrected chi connectivity index (χ4v) is 8.45. The predicted molar refractivity (Wildman–Crippen MR) is 154 cm³/mol. The predicted octanol–water partition coefficient (Wildman–Crippen LogP) is 7.71. The van der Waals surface area contributed by atoms with Gasteiger partial charge in [-0.2, -0.15) is 11.8 Å². The Hall–Kier alpha value is -0.990. The van der Waals surface area contributed by atoms with Crippen LogP contribution < -0.4 is 0 Å². The second-order valence-corrected chi connectivity index (χ2v) is 13.2. The van der Waals surface area contributed by atoms with Crippen LogP contribution in [0.2, 0.25) is 0 Å². The second-order valence-electron chi connectivity index (χ2n) is 7.40. The quantitative estimate of drug-likeness (QED) is 0.181. The van der Waals surface area contributed by atoms with Crippen LogP contribution in [-0.2, 0) is 9.59 Å². The van der Waals surface area contributed by atoms with Crippen LogP contribution in [0.15, 0.2) is 94.8 Å². The molecule has 0 amide bonds. The van der Waals surface area contributed by atoms with Gasteiger partial charge in [0.2, 0.25) is 10.2 Å². The van der Waals surface area contributed by atoms with Crippen molar-refractivity contribution in [3.05, 3.63) is 85.0 Å². The molecule has 2 unspecified atom stereocenters. The van der Waals surface area contributed by atoms with Gasteiger partial charge >= 0.3 is 0 Å². The van der Waals surface area contributed by atoms with Gasteiger partial charge in [0.05, 0.1) is 0 Å². The Labute approximate surface area is 219 Å².